The lowest BCUT2D eigenvalue weighted by Gasteiger charge is -2.22. The van der Waals surface area contributed by atoms with Gasteiger partial charge < -0.3 is 9.47 Å². The highest BCUT2D eigenvalue weighted by Crippen LogP contribution is 2.20. The molecule has 2 unspecified atom stereocenters. The van der Waals surface area contributed by atoms with Gasteiger partial charge in [-0.25, -0.2) is 9.59 Å². The van der Waals surface area contributed by atoms with Crippen molar-refractivity contribution >= 4 is 12.4 Å². The summed E-state index contributed by atoms with van der Waals surface area (Å²) in [4.78, 5) is 22.8. The van der Waals surface area contributed by atoms with Crippen molar-refractivity contribution < 1.29 is 19.1 Å². The zero-order valence-electron chi connectivity index (χ0n) is 17.4. The molecule has 0 aromatic rings. The number of carbonyl (C=O) groups is 1. The molecule has 0 rings (SSSR count). The van der Waals surface area contributed by atoms with E-state index >= 15 is 0 Å². The molecule has 1 radical (unpaired) electrons. The fourth-order valence-corrected chi connectivity index (χ4v) is 3.27. The average Bonchev–Trinajstić information content (AvgIpc) is 2.65. The van der Waals surface area contributed by atoms with Gasteiger partial charge in [-0.15, -0.1) is 0 Å². The van der Waals surface area contributed by atoms with E-state index in [9.17, 15) is 9.59 Å². The molecule has 0 aromatic carbocycles. The molecule has 0 saturated carbocycles. The maximum absolute atomic E-state index is 12.2. The highest BCUT2D eigenvalue weighted by Gasteiger charge is 2.30. The third-order valence-electron chi connectivity index (χ3n) is 5.03. The Morgan fingerprint density at radius 1 is 0.808 bits per heavy atom. The van der Waals surface area contributed by atoms with Crippen LogP contribution in [0.4, 0.5) is 0 Å². The van der Waals surface area contributed by atoms with Crippen molar-refractivity contribution in [3.8, 4) is 0 Å². The Balaban J connectivity index is 3.83. The zero-order valence-corrected chi connectivity index (χ0v) is 17.4. The highest BCUT2D eigenvalue weighted by atomic mass is 16.6. The molecular weight excluding hydrogens is 328 g/mol. The van der Waals surface area contributed by atoms with Crippen molar-refractivity contribution in [1.82, 2.24) is 0 Å². The number of unbranched alkanes of at least 4 members (excludes halogenated alkanes) is 10. The lowest BCUT2D eigenvalue weighted by Crippen LogP contribution is -2.34. The molecule has 0 spiro atoms. The third kappa shape index (κ3) is 13.2. The fraction of sp³-hybridized carbons (Fsp3) is 0.909. The molecule has 0 N–H and O–H groups in total. The van der Waals surface area contributed by atoms with Gasteiger partial charge in [-0.3, -0.25) is 0 Å². The summed E-state index contributed by atoms with van der Waals surface area (Å²) in [5, 5.41) is 0. The van der Waals surface area contributed by atoms with Crippen LogP contribution in [0.5, 0.6) is 0 Å². The largest absolute Gasteiger partial charge is 0.463 e. The van der Waals surface area contributed by atoms with Gasteiger partial charge in [-0.05, 0) is 19.3 Å². The number of esters is 1. The molecule has 153 valence electrons. The van der Waals surface area contributed by atoms with Gasteiger partial charge in [-0.1, -0.05) is 91.4 Å². The Kier molecular flexibility index (Phi) is 18.0. The van der Waals surface area contributed by atoms with E-state index in [2.05, 4.69) is 13.8 Å². The van der Waals surface area contributed by atoms with E-state index in [0.29, 0.717) is 6.61 Å². The Morgan fingerprint density at radius 2 is 1.35 bits per heavy atom. The second-order valence-corrected chi connectivity index (χ2v) is 7.28. The maximum Gasteiger partial charge on any atom is 0.418 e. The molecule has 0 amide bonds. The molecule has 0 aromatic heterocycles. The van der Waals surface area contributed by atoms with Gasteiger partial charge in [0.2, 0.25) is 6.10 Å². The molecule has 0 fully saturated rings. The zero-order chi connectivity index (χ0) is 19.5. The molecule has 4 heteroatoms. The molecule has 26 heavy (non-hydrogen) atoms. The van der Waals surface area contributed by atoms with E-state index in [0.717, 1.165) is 38.5 Å². The van der Waals surface area contributed by atoms with E-state index in [1.807, 2.05) is 6.92 Å². The van der Waals surface area contributed by atoms with E-state index in [1.165, 1.54) is 57.8 Å². The topological polar surface area (TPSA) is 52.6 Å². The number of hydrogen-bond acceptors (Lipinski definition) is 4. The minimum absolute atomic E-state index is 0.0246. The Morgan fingerprint density at radius 3 is 1.85 bits per heavy atom. The van der Waals surface area contributed by atoms with Gasteiger partial charge in [0.15, 0.2) is 0 Å². The number of hydrogen-bond donors (Lipinski definition) is 0. The van der Waals surface area contributed by atoms with Gasteiger partial charge in [-0.2, -0.15) is 0 Å². The van der Waals surface area contributed by atoms with Crippen LogP contribution in [-0.4, -0.2) is 25.2 Å². The average molecular weight is 370 g/mol. The fourth-order valence-electron chi connectivity index (χ4n) is 3.27. The number of carbonyl (C=O) groups excluding carboxylic acids is 2. The highest BCUT2D eigenvalue weighted by molar-refractivity contribution is 5.76. The first-order chi connectivity index (χ1) is 12.7. The first kappa shape index (κ1) is 24.9. The van der Waals surface area contributed by atoms with Gasteiger partial charge in [0.05, 0.1) is 6.61 Å². The van der Waals surface area contributed by atoms with Crippen LogP contribution < -0.4 is 0 Å². The molecule has 0 heterocycles. The Hall–Kier alpha value is -1.06. The van der Waals surface area contributed by atoms with Crippen LogP contribution in [-0.2, 0) is 19.1 Å². The van der Waals surface area contributed by atoms with Crippen molar-refractivity contribution in [3.05, 3.63) is 0 Å². The quantitative estimate of drug-likeness (QED) is 0.203. The smallest absolute Gasteiger partial charge is 0.418 e. The van der Waals surface area contributed by atoms with Crippen LogP contribution >= 0.6 is 0 Å². The summed E-state index contributed by atoms with van der Waals surface area (Å²) in [7, 11) is 0. The van der Waals surface area contributed by atoms with Gasteiger partial charge in [0.1, 0.15) is 0 Å². The van der Waals surface area contributed by atoms with Gasteiger partial charge in [0.25, 0.3) is 0 Å². The summed E-state index contributed by atoms with van der Waals surface area (Å²) in [6.07, 6.45) is 15.4. The molecule has 0 aliphatic heterocycles. The van der Waals surface area contributed by atoms with Crippen molar-refractivity contribution in [3.63, 3.8) is 0 Å². The summed E-state index contributed by atoms with van der Waals surface area (Å²) in [5.74, 6) is -0.385. The van der Waals surface area contributed by atoms with Crippen LogP contribution in [0, 0.1) is 5.92 Å². The van der Waals surface area contributed by atoms with Crippen LogP contribution in [0.1, 0.15) is 111 Å². The molecule has 0 bridgehead atoms. The SMILES string of the molecule is CCCCCCCCCCCCOC(=O)C(O[C]=O)C(CC)CCCC. The monoisotopic (exact) mass is 369 g/mol. The van der Waals surface area contributed by atoms with Crippen LogP contribution in [0.3, 0.4) is 0 Å². The van der Waals surface area contributed by atoms with E-state index in [1.54, 1.807) is 0 Å². The standard InChI is InChI=1S/C22H41O4/c1-4-7-9-10-11-12-13-14-15-16-18-25-22(24)21(26-19-23)20(6-3)17-8-5-2/h20-21H,4-18H2,1-3H3. The third-order valence-corrected chi connectivity index (χ3v) is 5.03. The van der Waals surface area contributed by atoms with Crippen LogP contribution in [0.25, 0.3) is 0 Å². The lowest BCUT2D eigenvalue weighted by atomic mass is 9.93. The summed E-state index contributed by atoms with van der Waals surface area (Å²) in [6, 6.07) is 0. The van der Waals surface area contributed by atoms with Crippen molar-refractivity contribution in [2.24, 2.45) is 5.92 Å². The molecule has 4 nitrogen and oxygen atoms in total. The lowest BCUT2D eigenvalue weighted by molar-refractivity contribution is -0.156. The molecule has 2 atom stereocenters. The summed E-state index contributed by atoms with van der Waals surface area (Å²) in [6.45, 7) is 8.21. The summed E-state index contributed by atoms with van der Waals surface area (Å²) in [5.41, 5.74) is 0. The van der Waals surface area contributed by atoms with Gasteiger partial charge >= 0.3 is 12.4 Å². The molecule has 0 aliphatic rings. The van der Waals surface area contributed by atoms with E-state index in [-0.39, 0.29) is 5.92 Å². The molecule has 0 saturated heterocycles. The second kappa shape index (κ2) is 18.7. The normalized spacial score (nSPS) is 13.2. The van der Waals surface area contributed by atoms with Crippen molar-refractivity contribution in [2.75, 3.05) is 6.61 Å². The predicted molar refractivity (Wildman–Crippen MR) is 107 cm³/mol. The van der Waals surface area contributed by atoms with E-state index < -0.39 is 12.1 Å². The maximum atomic E-state index is 12.2. The predicted octanol–water partition coefficient (Wildman–Crippen LogP) is 6.12. The minimum Gasteiger partial charge on any atom is -0.463 e. The van der Waals surface area contributed by atoms with Crippen LogP contribution in [0.2, 0.25) is 0 Å². The van der Waals surface area contributed by atoms with Gasteiger partial charge in [0, 0.05) is 5.92 Å². The molecule has 0 aliphatic carbocycles. The molecular formula is C22H41O4. The Labute approximate surface area is 161 Å². The number of ether oxygens (including phenoxy) is 2. The van der Waals surface area contributed by atoms with Crippen LogP contribution in [0.15, 0.2) is 0 Å². The first-order valence-corrected chi connectivity index (χ1v) is 10.9. The minimum atomic E-state index is -0.799. The van der Waals surface area contributed by atoms with E-state index in [4.69, 9.17) is 9.47 Å². The van der Waals surface area contributed by atoms with Crippen molar-refractivity contribution in [1.29, 1.82) is 0 Å². The second-order valence-electron chi connectivity index (χ2n) is 7.28. The summed E-state index contributed by atoms with van der Waals surface area (Å²) >= 11 is 0. The Bertz CT molecular complexity index is 330. The number of rotatable bonds is 19. The van der Waals surface area contributed by atoms with Crippen molar-refractivity contribution in [2.45, 2.75) is 117 Å². The first-order valence-electron chi connectivity index (χ1n) is 10.9. The summed E-state index contributed by atoms with van der Waals surface area (Å²) < 4.78 is 10.3.